The first-order valence-electron chi connectivity index (χ1n) is 20.0. The number of carbonyl (C=O) groups is 2. The Balaban J connectivity index is 2.81. The van der Waals surface area contributed by atoms with E-state index in [1.165, 1.54) is 44.9 Å². The summed E-state index contributed by atoms with van der Waals surface area (Å²) in [5, 5.41) is 31.7. The van der Waals surface area contributed by atoms with Crippen molar-refractivity contribution in [1.82, 2.24) is 0 Å². The van der Waals surface area contributed by atoms with Gasteiger partial charge in [0.25, 0.3) is 0 Å². The number of phosphoric ester groups is 3. The Labute approximate surface area is 335 Å². The minimum Gasteiger partial charge on any atom is -0.462 e. The topological polar surface area (TPSA) is 329 Å². The minimum atomic E-state index is -5.59. The summed E-state index contributed by atoms with van der Waals surface area (Å²) < 4.78 is 64.9. The van der Waals surface area contributed by atoms with E-state index in [1.807, 2.05) is 0 Å². The van der Waals surface area contributed by atoms with Crippen LogP contribution in [0.3, 0.4) is 0 Å². The van der Waals surface area contributed by atoms with Crippen LogP contribution in [0.4, 0.5) is 0 Å². The molecule has 0 aromatic carbocycles. The maximum Gasteiger partial charge on any atom is 0.472 e. The first kappa shape index (κ1) is 54.1. The summed E-state index contributed by atoms with van der Waals surface area (Å²) >= 11 is 0. The molecule has 0 amide bonds. The van der Waals surface area contributed by atoms with Crippen LogP contribution in [0.25, 0.3) is 0 Å². The zero-order valence-electron chi connectivity index (χ0n) is 33.0. The monoisotopic (exact) mass is 887 g/mol. The van der Waals surface area contributed by atoms with Gasteiger partial charge in [-0.15, -0.1) is 0 Å². The van der Waals surface area contributed by atoms with Crippen molar-refractivity contribution in [3.8, 4) is 0 Å². The largest absolute Gasteiger partial charge is 0.472 e. The summed E-state index contributed by atoms with van der Waals surface area (Å²) in [5.74, 6) is -1.33. The van der Waals surface area contributed by atoms with E-state index in [0.29, 0.717) is 19.4 Å². The molecule has 0 aromatic heterocycles. The number of aliphatic hydroxyl groups is 3. The highest BCUT2D eigenvalue weighted by Gasteiger charge is 2.56. The molecule has 0 radical (unpaired) electrons. The van der Waals surface area contributed by atoms with E-state index in [9.17, 15) is 63.1 Å². The number of hydrogen-bond acceptors (Lipinski definition) is 15. The van der Waals surface area contributed by atoms with Gasteiger partial charge in [-0.25, -0.2) is 13.7 Å². The van der Waals surface area contributed by atoms with Crippen molar-refractivity contribution in [2.75, 3.05) is 19.8 Å². The van der Waals surface area contributed by atoms with E-state index < -0.39 is 91.3 Å². The van der Waals surface area contributed by atoms with Gasteiger partial charge in [-0.1, -0.05) is 110 Å². The third-order valence-electron chi connectivity index (χ3n) is 9.26. The molecule has 57 heavy (non-hydrogen) atoms. The molecule has 0 aliphatic heterocycles. The number of hydrogen-bond donors (Lipinski definition) is 9. The Hall–Kier alpha value is -0.890. The van der Waals surface area contributed by atoms with E-state index in [-0.39, 0.29) is 12.8 Å². The van der Waals surface area contributed by atoms with Crippen LogP contribution in [0.15, 0.2) is 0 Å². The van der Waals surface area contributed by atoms with Crippen molar-refractivity contribution in [2.45, 2.75) is 184 Å². The minimum absolute atomic E-state index is 0.00317. The summed E-state index contributed by atoms with van der Waals surface area (Å²) in [5.41, 5.74) is 5.49. The Morgan fingerprint density at radius 1 is 0.544 bits per heavy atom. The molecule has 0 saturated heterocycles. The van der Waals surface area contributed by atoms with E-state index in [2.05, 4.69) is 16.0 Å². The van der Waals surface area contributed by atoms with E-state index >= 15 is 0 Å². The molecule has 4 unspecified atom stereocenters. The van der Waals surface area contributed by atoms with Crippen LogP contribution in [0.2, 0.25) is 0 Å². The fraction of sp³-hybridized carbons (Fsp3) is 0.941. The zero-order chi connectivity index (χ0) is 42.9. The van der Waals surface area contributed by atoms with Gasteiger partial charge < -0.3 is 55.0 Å². The second-order valence-corrected chi connectivity index (χ2v) is 18.2. The van der Waals surface area contributed by atoms with Crippen LogP contribution in [0.5, 0.6) is 0 Å². The molecule has 1 aliphatic carbocycles. The van der Waals surface area contributed by atoms with Gasteiger partial charge >= 0.3 is 35.4 Å². The summed E-state index contributed by atoms with van der Waals surface area (Å²) in [4.78, 5) is 72.5. The second kappa shape index (κ2) is 29.4. The van der Waals surface area contributed by atoms with Crippen LogP contribution in [-0.4, -0.2) is 114 Å². The second-order valence-electron chi connectivity index (χ2n) is 14.4. The molecule has 10 N–H and O–H groups in total. The van der Waals surface area contributed by atoms with Crippen molar-refractivity contribution in [3.63, 3.8) is 0 Å². The van der Waals surface area contributed by atoms with Gasteiger partial charge in [-0.2, -0.15) is 0 Å². The van der Waals surface area contributed by atoms with E-state index in [4.69, 9.17) is 24.3 Å². The number of rotatable bonds is 34. The average Bonchev–Trinajstić information content (AvgIpc) is 3.12. The summed E-state index contributed by atoms with van der Waals surface area (Å²) in [6, 6.07) is 0. The van der Waals surface area contributed by atoms with Crippen LogP contribution in [-0.2, 0) is 50.9 Å². The summed E-state index contributed by atoms with van der Waals surface area (Å²) in [6.07, 6.45) is 3.04. The number of phosphoric acid groups is 3. The fourth-order valence-corrected chi connectivity index (χ4v) is 8.34. The highest BCUT2D eigenvalue weighted by Crippen LogP contribution is 2.51. The molecule has 23 heteroatoms. The third-order valence-corrected chi connectivity index (χ3v) is 11.3. The first-order valence-corrected chi connectivity index (χ1v) is 24.6. The van der Waals surface area contributed by atoms with Gasteiger partial charge in [0.1, 0.15) is 43.2 Å². The van der Waals surface area contributed by atoms with Gasteiger partial charge in [-0.05, 0) is 25.8 Å². The molecule has 20 nitrogen and oxygen atoms in total. The lowest BCUT2D eigenvalue weighted by atomic mass is 9.85. The predicted octanol–water partition coefficient (Wildman–Crippen LogP) is 4.17. The Morgan fingerprint density at radius 3 is 1.40 bits per heavy atom. The van der Waals surface area contributed by atoms with E-state index in [1.54, 1.807) is 0 Å². The van der Waals surface area contributed by atoms with Gasteiger partial charge in [0.15, 0.2) is 6.10 Å². The molecule has 1 saturated carbocycles. The number of aliphatic hydroxyl groups excluding tert-OH is 3. The van der Waals surface area contributed by atoms with Crippen molar-refractivity contribution in [2.24, 2.45) is 5.73 Å². The molecule has 0 aromatic rings. The lowest BCUT2D eigenvalue weighted by Gasteiger charge is -2.44. The number of nitrogens with two attached hydrogens (primary N) is 1. The number of esters is 2. The lowest BCUT2D eigenvalue weighted by molar-refractivity contribution is -0.213. The van der Waals surface area contributed by atoms with Crippen molar-refractivity contribution >= 4 is 35.4 Å². The SMILES string of the molecule is CCCCCCCCCCCCCCCC(=O)O[C@H](COC(=O)CCCCCCCCN)COP(=O)(O)OC1C(O)[C@@H](O)C(OP(=O)(O)O)[C@@H](OP(=O)(O)O)[C@H]1O. The van der Waals surface area contributed by atoms with Gasteiger partial charge in [0, 0.05) is 12.8 Å². The molecule has 1 aliphatic rings. The first-order chi connectivity index (χ1) is 26.8. The highest BCUT2D eigenvalue weighted by atomic mass is 31.2. The molecule has 1 rings (SSSR count). The molecular formula is C34H68NO19P3. The average molecular weight is 888 g/mol. The quantitative estimate of drug-likeness (QED) is 0.0249. The van der Waals surface area contributed by atoms with E-state index in [0.717, 1.165) is 64.2 Å². The maximum atomic E-state index is 13.0. The van der Waals surface area contributed by atoms with Gasteiger partial charge in [0.05, 0.1) is 6.61 Å². The standard InChI is InChI=1S/C34H68NO19P3/c1-2-3-4-5-6-7-8-9-10-11-12-16-19-22-28(37)51-26(24-49-27(36)21-18-15-13-14-17-20-23-35)25-50-57(47,48)54-32-29(38)30(39)33(52-55(41,42)43)34(31(32)40)53-56(44,45)46/h26,29-34,38-40H,2-25,35H2,1H3,(H,47,48)(H2,41,42,43)(H2,44,45,46)/t26-,29?,30-,31+,32?,33?,34+/m1/s1. The van der Waals surface area contributed by atoms with Crippen LogP contribution in [0.1, 0.15) is 142 Å². The van der Waals surface area contributed by atoms with Crippen LogP contribution in [0, 0.1) is 0 Å². The molecular weight excluding hydrogens is 819 g/mol. The van der Waals surface area contributed by atoms with Crippen molar-refractivity contribution < 1.29 is 90.6 Å². The van der Waals surface area contributed by atoms with Crippen molar-refractivity contribution in [1.29, 1.82) is 0 Å². The highest BCUT2D eigenvalue weighted by molar-refractivity contribution is 7.47. The number of ether oxygens (including phenoxy) is 2. The third kappa shape index (κ3) is 26.1. The molecule has 8 atom stereocenters. The fourth-order valence-electron chi connectivity index (χ4n) is 6.24. The summed E-state index contributed by atoms with van der Waals surface area (Å²) in [6.45, 7) is 1.31. The Morgan fingerprint density at radius 2 is 0.947 bits per heavy atom. The zero-order valence-corrected chi connectivity index (χ0v) is 35.7. The van der Waals surface area contributed by atoms with Gasteiger partial charge in [-0.3, -0.25) is 27.7 Å². The lowest BCUT2D eigenvalue weighted by Crippen LogP contribution is -2.65. The molecule has 0 heterocycles. The Kier molecular flexibility index (Phi) is 27.9. The van der Waals surface area contributed by atoms with Crippen LogP contribution >= 0.6 is 23.5 Å². The molecule has 0 spiro atoms. The number of unbranched alkanes of at least 4 members (excludes halogenated alkanes) is 17. The smallest absolute Gasteiger partial charge is 0.462 e. The predicted molar refractivity (Wildman–Crippen MR) is 205 cm³/mol. The normalized spacial score (nSPS) is 23.2. The Bertz CT molecular complexity index is 1250. The van der Waals surface area contributed by atoms with Crippen LogP contribution < -0.4 is 5.73 Å². The molecule has 338 valence electrons. The molecule has 1 fully saturated rings. The van der Waals surface area contributed by atoms with Crippen molar-refractivity contribution in [3.05, 3.63) is 0 Å². The molecule has 0 bridgehead atoms. The number of carbonyl (C=O) groups excluding carboxylic acids is 2. The summed E-state index contributed by atoms with van der Waals surface area (Å²) in [7, 11) is -16.6. The maximum absolute atomic E-state index is 13.0. The van der Waals surface area contributed by atoms with Gasteiger partial charge in [0.2, 0.25) is 0 Å².